The van der Waals surface area contributed by atoms with Gasteiger partial charge in [-0.2, -0.15) is 0 Å². The summed E-state index contributed by atoms with van der Waals surface area (Å²) in [7, 11) is 1.27. The second-order valence-electron chi connectivity index (χ2n) is 8.04. The van der Waals surface area contributed by atoms with E-state index in [1.807, 2.05) is 6.92 Å². The second kappa shape index (κ2) is 7.97. The summed E-state index contributed by atoms with van der Waals surface area (Å²) < 4.78 is 16.2. The summed E-state index contributed by atoms with van der Waals surface area (Å²) in [6, 6.07) is 3.55. The van der Waals surface area contributed by atoms with Gasteiger partial charge in [0.05, 0.1) is 30.6 Å². The first-order valence-electron chi connectivity index (χ1n) is 9.82. The fourth-order valence-corrected chi connectivity index (χ4v) is 4.31. The number of furan rings is 1. The molecule has 0 aromatic carbocycles. The summed E-state index contributed by atoms with van der Waals surface area (Å²) in [6.45, 7) is 8.90. The lowest BCUT2D eigenvalue weighted by Gasteiger charge is -2.39. The lowest BCUT2D eigenvalue weighted by molar-refractivity contribution is -0.152. The monoisotopic (exact) mass is 401 g/mol. The van der Waals surface area contributed by atoms with Gasteiger partial charge in [0.15, 0.2) is 5.78 Å². The lowest BCUT2D eigenvalue weighted by Crippen LogP contribution is -2.48. The number of hydrogen-bond donors (Lipinski definition) is 0. The molecule has 0 radical (unpaired) electrons. The van der Waals surface area contributed by atoms with Gasteiger partial charge in [0, 0.05) is 11.4 Å². The topological polar surface area (TPSA) is 95.2 Å². The van der Waals surface area contributed by atoms with Crippen LogP contribution in [0.4, 0.5) is 0 Å². The van der Waals surface area contributed by atoms with Gasteiger partial charge in [-0.15, -0.1) is 0 Å². The van der Waals surface area contributed by atoms with Crippen LogP contribution in [0.3, 0.4) is 0 Å². The molecule has 1 unspecified atom stereocenters. The largest absolute Gasteiger partial charge is 0.468 e. The maximum absolute atomic E-state index is 13.5. The van der Waals surface area contributed by atoms with E-state index in [2.05, 4.69) is 4.99 Å². The number of nitrogens with zero attached hydrogens (tertiary/aromatic N) is 1. The van der Waals surface area contributed by atoms with Crippen LogP contribution in [0.25, 0.3) is 0 Å². The Kier molecular flexibility index (Phi) is 5.78. The minimum atomic E-state index is -0.900. The van der Waals surface area contributed by atoms with Crippen molar-refractivity contribution in [3.05, 3.63) is 34.9 Å². The van der Waals surface area contributed by atoms with Crippen LogP contribution in [-0.2, 0) is 23.9 Å². The van der Waals surface area contributed by atoms with E-state index >= 15 is 0 Å². The van der Waals surface area contributed by atoms with Crippen LogP contribution in [0.2, 0.25) is 0 Å². The van der Waals surface area contributed by atoms with Gasteiger partial charge in [-0.05, 0) is 52.2 Å². The smallest absolute Gasteiger partial charge is 0.336 e. The van der Waals surface area contributed by atoms with Crippen molar-refractivity contribution in [1.29, 1.82) is 0 Å². The SMILES string of the molecule is COC(=O)[C@@H]1C(=O)C2C(=NC(C)=C(C(=O)OC(C)C)[C@H]2c2ccc(C)o2)C[C@H]1C. The Bertz CT molecular complexity index is 906. The molecule has 1 aromatic rings. The molecule has 0 spiro atoms. The number of aryl methyl sites for hydroxylation is 1. The highest BCUT2D eigenvalue weighted by Crippen LogP contribution is 2.46. The predicted octanol–water partition coefficient (Wildman–Crippen LogP) is 3.37. The molecule has 1 aliphatic heterocycles. The number of ether oxygens (including phenoxy) is 2. The standard InChI is InChI=1S/C22H27NO6/c1-10(2)28-22(26)17-13(5)23-14-9-11(3)16(21(25)27-6)20(24)18(14)19(17)15-8-7-12(4)29-15/h7-8,10-11,16,18-19H,9H2,1-6H3/t11-,16+,18?,19-/m1/s1. The fourth-order valence-electron chi connectivity index (χ4n) is 4.31. The average molecular weight is 401 g/mol. The van der Waals surface area contributed by atoms with E-state index in [1.165, 1.54) is 7.11 Å². The molecule has 29 heavy (non-hydrogen) atoms. The van der Waals surface area contributed by atoms with Gasteiger partial charge in [-0.3, -0.25) is 14.6 Å². The van der Waals surface area contributed by atoms with Gasteiger partial charge < -0.3 is 13.9 Å². The molecule has 1 aromatic heterocycles. The fraction of sp³-hybridized carbons (Fsp3) is 0.545. The van der Waals surface area contributed by atoms with E-state index in [9.17, 15) is 14.4 Å². The molecule has 4 atom stereocenters. The molecular weight excluding hydrogens is 374 g/mol. The number of rotatable bonds is 4. The van der Waals surface area contributed by atoms with Gasteiger partial charge in [0.25, 0.3) is 0 Å². The molecule has 7 nitrogen and oxygen atoms in total. The molecule has 1 saturated carbocycles. The normalized spacial score (nSPS) is 26.9. The maximum Gasteiger partial charge on any atom is 0.336 e. The van der Waals surface area contributed by atoms with Crippen molar-refractivity contribution >= 4 is 23.4 Å². The quantitative estimate of drug-likeness (QED) is 0.567. The summed E-state index contributed by atoms with van der Waals surface area (Å²) >= 11 is 0. The van der Waals surface area contributed by atoms with Crippen molar-refractivity contribution in [2.24, 2.45) is 22.7 Å². The Morgan fingerprint density at radius 3 is 2.45 bits per heavy atom. The van der Waals surface area contributed by atoms with Crippen LogP contribution in [-0.4, -0.2) is 36.6 Å². The zero-order chi connectivity index (χ0) is 21.5. The summed E-state index contributed by atoms with van der Waals surface area (Å²) in [4.78, 5) is 43.3. The van der Waals surface area contributed by atoms with Crippen LogP contribution < -0.4 is 0 Å². The van der Waals surface area contributed by atoms with Crippen molar-refractivity contribution in [1.82, 2.24) is 0 Å². The molecular formula is C22H27NO6. The van der Waals surface area contributed by atoms with Crippen LogP contribution in [0.5, 0.6) is 0 Å². The molecule has 2 aliphatic rings. The minimum Gasteiger partial charge on any atom is -0.468 e. The molecule has 7 heteroatoms. The number of methoxy groups -OCH3 is 1. The molecule has 1 aliphatic carbocycles. The van der Waals surface area contributed by atoms with Crippen molar-refractivity contribution in [3.63, 3.8) is 0 Å². The number of Topliss-reactive ketones (excluding diaryl/α,β-unsaturated/α-hetero) is 1. The number of hydrogen-bond acceptors (Lipinski definition) is 7. The van der Waals surface area contributed by atoms with Gasteiger partial charge in [0.1, 0.15) is 17.4 Å². The highest BCUT2D eigenvalue weighted by atomic mass is 16.5. The van der Waals surface area contributed by atoms with Crippen LogP contribution >= 0.6 is 0 Å². The molecule has 0 amide bonds. The molecule has 0 bridgehead atoms. The lowest BCUT2D eigenvalue weighted by atomic mass is 9.64. The summed E-state index contributed by atoms with van der Waals surface area (Å²) in [6.07, 6.45) is 0.146. The Morgan fingerprint density at radius 1 is 1.21 bits per heavy atom. The van der Waals surface area contributed by atoms with Crippen LogP contribution in [0, 0.1) is 24.7 Å². The van der Waals surface area contributed by atoms with Crippen molar-refractivity contribution < 1.29 is 28.3 Å². The molecule has 0 N–H and O–H groups in total. The first-order chi connectivity index (χ1) is 13.6. The number of carbonyl (C=O) groups excluding carboxylic acids is 3. The molecule has 156 valence electrons. The number of carbonyl (C=O) groups is 3. The number of fused-ring (bicyclic) bond motifs is 1. The first-order valence-corrected chi connectivity index (χ1v) is 9.82. The van der Waals surface area contributed by atoms with E-state index < -0.39 is 29.7 Å². The number of ketones is 1. The highest BCUT2D eigenvalue weighted by molar-refractivity contribution is 6.17. The van der Waals surface area contributed by atoms with Crippen molar-refractivity contribution in [2.45, 2.75) is 53.1 Å². The summed E-state index contributed by atoms with van der Waals surface area (Å²) in [5.41, 5.74) is 1.48. The van der Waals surface area contributed by atoms with Gasteiger partial charge in [-0.25, -0.2) is 4.79 Å². The van der Waals surface area contributed by atoms with Gasteiger partial charge in [0.2, 0.25) is 0 Å². The number of aliphatic imine (C=N–C) groups is 1. The average Bonchev–Trinajstić information content (AvgIpc) is 3.05. The molecule has 3 rings (SSSR count). The number of allylic oxidation sites excluding steroid dienone is 1. The first kappa shape index (κ1) is 21.0. The van der Waals surface area contributed by atoms with Crippen LogP contribution in [0.15, 0.2) is 32.8 Å². The molecule has 1 fully saturated rings. The van der Waals surface area contributed by atoms with E-state index in [0.29, 0.717) is 34.9 Å². The van der Waals surface area contributed by atoms with Crippen molar-refractivity contribution in [2.75, 3.05) is 7.11 Å². The van der Waals surface area contributed by atoms with Gasteiger partial charge >= 0.3 is 11.9 Å². The Morgan fingerprint density at radius 2 is 1.90 bits per heavy atom. The Hall–Kier alpha value is -2.70. The maximum atomic E-state index is 13.5. The van der Waals surface area contributed by atoms with Crippen molar-refractivity contribution in [3.8, 4) is 0 Å². The minimum absolute atomic E-state index is 0.235. The zero-order valence-corrected chi connectivity index (χ0v) is 17.6. The van der Waals surface area contributed by atoms with E-state index in [-0.39, 0.29) is 17.8 Å². The highest BCUT2D eigenvalue weighted by Gasteiger charge is 2.52. The molecule has 0 saturated heterocycles. The van der Waals surface area contributed by atoms with E-state index in [0.717, 1.165) is 0 Å². The van der Waals surface area contributed by atoms with Crippen LogP contribution in [0.1, 0.15) is 51.6 Å². The zero-order valence-electron chi connectivity index (χ0n) is 17.6. The van der Waals surface area contributed by atoms with Gasteiger partial charge in [-0.1, -0.05) is 6.92 Å². The second-order valence-corrected chi connectivity index (χ2v) is 8.04. The third kappa shape index (κ3) is 3.78. The Labute approximate surface area is 170 Å². The third-order valence-corrected chi connectivity index (χ3v) is 5.50. The summed E-state index contributed by atoms with van der Waals surface area (Å²) in [5, 5.41) is 0. The summed E-state index contributed by atoms with van der Waals surface area (Å²) in [5.74, 6) is -2.82. The van der Waals surface area contributed by atoms with E-state index in [4.69, 9.17) is 13.9 Å². The number of esters is 2. The predicted molar refractivity (Wildman–Crippen MR) is 105 cm³/mol. The van der Waals surface area contributed by atoms with E-state index in [1.54, 1.807) is 39.8 Å². The Balaban J connectivity index is 2.15. The third-order valence-electron chi connectivity index (χ3n) is 5.50. The molecule has 2 heterocycles.